The van der Waals surface area contributed by atoms with Crippen molar-refractivity contribution in [3.63, 3.8) is 0 Å². The molecular weight excluding hydrogens is 436 g/mol. The molecule has 1 saturated carbocycles. The van der Waals surface area contributed by atoms with Crippen LogP contribution in [0.1, 0.15) is 31.4 Å². The predicted octanol–water partition coefficient (Wildman–Crippen LogP) is 4.71. The van der Waals surface area contributed by atoms with Crippen LogP contribution in [0, 0.1) is 5.92 Å². The minimum atomic E-state index is -0.173. The maximum atomic E-state index is 12.3. The Bertz CT molecular complexity index is 1070. The van der Waals surface area contributed by atoms with Crippen LogP contribution in [0.5, 0.6) is 0 Å². The van der Waals surface area contributed by atoms with Gasteiger partial charge in [0.25, 0.3) is 5.22 Å². The van der Waals surface area contributed by atoms with Crippen molar-refractivity contribution in [1.29, 1.82) is 0 Å². The fourth-order valence-electron chi connectivity index (χ4n) is 2.92. The van der Waals surface area contributed by atoms with Gasteiger partial charge in [-0.15, -0.1) is 10.2 Å². The minimum absolute atomic E-state index is 0.0753. The summed E-state index contributed by atoms with van der Waals surface area (Å²) >= 11 is 7.06. The molecule has 1 heterocycles. The molecule has 9 heteroatoms. The van der Waals surface area contributed by atoms with Crippen molar-refractivity contribution in [3.8, 4) is 11.5 Å². The molecule has 0 spiro atoms. The molecular formula is C22H21ClN4O3S. The monoisotopic (exact) mass is 456 g/mol. The summed E-state index contributed by atoms with van der Waals surface area (Å²) in [6.07, 6.45) is 1.94. The molecule has 2 aromatic carbocycles. The molecule has 0 radical (unpaired) electrons. The lowest BCUT2D eigenvalue weighted by atomic mass is 10.1. The Morgan fingerprint density at radius 1 is 1.13 bits per heavy atom. The number of nitrogens with zero attached hydrogens (tertiary/aromatic N) is 2. The summed E-state index contributed by atoms with van der Waals surface area (Å²) in [5, 5.41) is 14.8. The smallest absolute Gasteiger partial charge is 0.277 e. The van der Waals surface area contributed by atoms with Gasteiger partial charge in [0.1, 0.15) is 0 Å². The molecule has 1 aromatic heterocycles. The van der Waals surface area contributed by atoms with Crippen LogP contribution in [0.4, 0.5) is 5.69 Å². The largest absolute Gasteiger partial charge is 0.411 e. The Kier molecular flexibility index (Phi) is 6.58. The molecule has 160 valence electrons. The Morgan fingerprint density at radius 3 is 2.52 bits per heavy atom. The van der Waals surface area contributed by atoms with Crippen LogP contribution in [-0.4, -0.2) is 27.8 Å². The van der Waals surface area contributed by atoms with Crippen LogP contribution in [0.15, 0.2) is 58.2 Å². The van der Waals surface area contributed by atoms with Crippen LogP contribution >= 0.6 is 23.4 Å². The molecule has 1 aliphatic carbocycles. The average Bonchev–Trinajstić information content (AvgIpc) is 3.52. The Balaban J connectivity index is 1.25. The third-order valence-corrected chi connectivity index (χ3v) is 5.90. The molecule has 2 N–H and O–H groups in total. The van der Waals surface area contributed by atoms with Crippen LogP contribution in [0.2, 0.25) is 5.02 Å². The maximum Gasteiger partial charge on any atom is 0.277 e. The fourth-order valence-corrected chi connectivity index (χ4v) is 3.62. The highest BCUT2D eigenvalue weighted by Gasteiger charge is 2.29. The SMILES string of the molecule is CC(NC(=O)CSc1nnc(-c2ccc(Cl)cc2)o1)c1ccc(NC(=O)C2CC2)cc1. The molecule has 3 aromatic rings. The van der Waals surface area contributed by atoms with Crippen molar-refractivity contribution < 1.29 is 14.0 Å². The summed E-state index contributed by atoms with van der Waals surface area (Å²) in [5.74, 6) is 0.627. The van der Waals surface area contributed by atoms with E-state index in [-0.39, 0.29) is 29.5 Å². The van der Waals surface area contributed by atoms with Crippen LogP contribution in [0.3, 0.4) is 0 Å². The highest BCUT2D eigenvalue weighted by atomic mass is 35.5. The summed E-state index contributed by atoms with van der Waals surface area (Å²) in [7, 11) is 0. The molecule has 0 saturated heterocycles. The van der Waals surface area contributed by atoms with Gasteiger partial charge in [0, 0.05) is 22.2 Å². The van der Waals surface area contributed by atoms with Gasteiger partial charge in [-0.2, -0.15) is 0 Å². The van der Waals surface area contributed by atoms with Gasteiger partial charge in [0.05, 0.1) is 11.8 Å². The number of nitrogens with one attached hydrogen (secondary N) is 2. The zero-order valence-corrected chi connectivity index (χ0v) is 18.4. The minimum Gasteiger partial charge on any atom is -0.411 e. The first-order chi connectivity index (χ1) is 15.0. The van der Waals surface area contributed by atoms with E-state index in [9.17, 15) is 9.59 Å². The molecule has 4 rings (SSSR count). The lowest BCUT2D eigenvalue weighted by Gasteiger charge is -2.14. The van der Waals surface area contributed by atoms with E-state index in [0.717, 1.165) is 29.7 Å². The van der Waals surface area contributed by atoms with Crippen molar-refractivity contribution in [3.05, 3.63) is 59.1 Å². The number of hydrogen-bond acceptors (Lipinski definition) is 6. The molecule has 1 aliphatic rings. The summed E-state index contributed by atoms with van der Waals surface area (Å²) in [6.45, 7) is 1.91. The van der Waals surface area contributed by atoms with Gasteiger partial charge in [-0.05, 0) is 61.7 Å². The lowest BCUT2D eigenvalue weighted by Crippen LogP contribution is -2.28. The number of halogens is 1. The second-order valence-electron chi connectivity index (χ2n) is 7.34. The third kappa shape index (κ3) is 5.86. The van der Waals surface area contributed by atoms with E-state index in [1.165, 1.54) is 11.8 Å². The predicted molar refractivity (Wildman–Crippen MR) is 120 cm³/mol. The quantitative estimate of drug-likeness (QED) is 0.476. The number of benzene rings is 2. The van der Waals surface area contributed by atoms with E-state index in [1.54, 1.807) is 24.3 Å². The summed E-state index contributed by atoms with van der Waals surface area (Å²) in [4.78, 5) is 24.1. The molecule has 1 fully saturated rings. The summed E-state index contributed by atoms with van der Waals surface area (Å²) in [5.41, 5.74) is 2.48. The lowest BCUT2D eigenvalue weighted by molar-refractivity contribution is -0.119. The maximum absolute atomic E-state index is 12.3. The fraction of sp³-hybridized carbons (Fsp3) is 0.273. The zero-order valence-electron chi connectivity index (χ0n) is 16.8. The van der Waals surface area contributed by atoms with Gasteiger partial charge in [-0.25, -0.2) is 0 Å². The molecule has 0 aliphatic heterocycles. The van der Waals surface area contributed by atoms with Gasteiger partial charge in [-0.3, -0.25) is 9.59 Å². The number of hydrogen-bond donors (Lipinski definition) is 2. The Morgan fingerprint density at radius 2 is 1.84 bits per heavy atom. The highest BCUT2D eigenvalue weighted by Crippen LogP contribution is 2.30. The molecule has 1 atom stereocenters. The van der Waals surface area contributed by atoms with E-state index in [1.807, 2.05) is 31.2 Å². The number of carbonyl (C=O) groups is 2. The number of carbonyl (C=O) groups excluding carboxylic acids is 2. The summed E-state index contributed by atoms with van der Waals surface area (Å²) in [6, 6.07) is 14.4. The van der Waals surface area contributed by atoms with Gasteiger partial charge in [0.2, 0.25) is 17.7 Å². The van der Waals surface area contributed by atoms with E-state index < -0.39 is 0 Å². The topological polar surface area (TPSA) is 97.1 Å². The first-order valence-corrected chi connectivity index (χ1v) is 11.3. The van der Waals surface area contributed by atoms with E-state index in [4.69, 9.17) is 16.0 Å². The molecule has 0 bridgehead atoms. The number of thioether (sulfide) groups is 1. The standard InChI is InChI=1S/C22H21ClN4O3S/c1-13(14-6-10-18(11-7-14)25-20(29)15-2-3-15)24-19(28)12-31-22-27-26-21(30-22)16-4-8-17(23)9-5-16/h4-11,13,15H,2-3,12H2,1H3,(H,24,28)(H,25,29). The average molecular weight is 457 g/mol. The second-order valence-corrected chi connectivity index (χ2v) is 8.71. The van der Waals surface area contributed by atoms with Crippen molar-refractivity contribution >= 4 is 40.9 Å². The highest BCUT2D eigenvalue weighted by molar-refractivity contribution is 7.99. The van der Waals surface area contributed by atoms with Gasteiger partial charge < -0.3 is 15.1 Å². The van der Waals surface area contributed by atoms with E-state index in [2.05, 4.69) is 20.8 Å². The van der Waals surface area contributed by atoms with Crippen LogP contribution < -0.4 is 10.6 Å². The van der Waals surface area contributed by atoms with Gasteiger partial charge in [0.15, 0.2) is 0 Å². The van der Waals surface area contributed by atoms with Crippen LogP contribution in [-0.2, 0) is 9.59 Å². The van der Waals surface area contributed by atoms with Crippen LogP contribution in [0.25, 0.3) is 11.5 Å². The van der Waals surface area contributed by atoms with Crippen molar-refractivity contribution in [2.75, 3.05) is 11.1 Å². The Labute approximate surface area is 189 Å². The van der Waals surface area contributed by atoms with E-state index >= 15 is 0 Å². The summed E-state index contributed by atoms with van der Waals surface area (Å²) < 4.78 is 5.60. The van der Waals surface area contributed by atoms with Crippen molar-refractivity contribution in [2.45, 2.75) is 31.0 Å². The third-order valence-electron chi connectivity index (χ3n) is 4.83. The van der Waals surface area contributed by atoms with E-state index in [0.29, 0.717) is 16.1 Å². The Hall–Kier alpha value is -2.84. The van der Waals surface area contributed by atoms with Gasteiger partial charge in [-0.1, -0.05) is 35.5 Å². The van der Waals surface area contributed by atoms with Crippen molar-refractivity contribution in [1.82, 2.24) is 15.5 Å². The first kappa shape index (κ1) is 21.4. The molecule has 7 nitrogen and oxygen atoms in total. The number of rotatable bonds is 8. The molecule has 1 unspecified atom stereocenters. The number of anilines is 1. The first-order valence-electron chi connectivity index (χ1n) is 9.90. The zero-order chi connectivity index (χ0) is 21.8. The number of aromatic nitrogens is 2. The van der Waals surface area contributed by atoms with Gasteiger partial charge >= 0.3 is 0 Å². The molecule has 2 amide bonds. The second kappa shape index (κ2) is 9.53. The van der Waals surface area contributed by atoms with Crippen molar-refractivity contribution in [2.24, 2.45) is 5.92 Å². The number of amides is 2. The molecule has 31 heavy (non-hydrogen) atoms. The normalized spacial score (nSPS) is 14.1.